The van der Waals surface area contributed by atoms with E-state index < -0.39 is 0 Å². The molecule has 1 aromatic carbocycles. The number of anilines is 1. The molecule has 6 nitrogen and oxygen atoms in total. The van der Waals surface area contributed by atoms with Crippen LogP contribution in [0.5, 0.6) is 0 Å². The first-order valence-corrected chi connectivity index (χ1v) is 10.1. The van der Waals surface area contributed by atoms with Crippen molar-refractivity contribution in [3.05, 3.63) is 54.0 Å². The van der Waals surface area contributed by atoms with Gasteiger partial charge in [0.1, 0.15) is 11.6 Å². The standard InChI is InChI=1S/C20H26FN5OS/c1-15-4-9-18(25-14-15)26-19(27)10-12-24-20(22-2)23-11-3-13-28-17-7-5-16(21)6-8-17/h4-9,14H,3,10-13H2,1-2H3,(H2,22,23,24)(H,25,26,27). The summed E-state index contributed by atoms with van der Waals surface area (Å²) < 4.78 is 12.9. The van der Waals surface area contributed by atoms with Crippen LogP contribution >= 0.6 is 11.8 Å². The van der Waals surface area contributed by atoms with E-state index in [1.807, 2.05) is 13.0 Å². The molecule has 0 spiro atoms. The van der Waals surface area contributed by atoms with E-state index in [-0.39, 0.29) is 11.7 Å². The van der Waals surface area contributed by atoms with Gasteiger partial charge in [-0.3, -0.25) is 9.79 Å². The van der Waals surface area contributed by atoms with Gasteiger partial charge in [0, 0.05) is 37.7 Å². The van der Waals surface area contributed by atoms with Gasteiger partial charge in [-0.15, -0.1) is 11.8 Å². The summed E-state index contributed by atoms with van der Waals surface area (Å²) in [6.45, 7) is 3.18. The van der Waals surface area contributed by atoms with Crippen molar-refractivity contribution in [2.75, 3.05) is 31.2 Å². The quantitative estimate of drug-likeness (QED) is 0.259. The van der Waals surface area contributed by atoms with Crippen molar-refractivity contribution in [3.8, 4) is 0 Å². The van der Waals surface area contributed by atoms with Crippen molar-refractivity contribution in [2.24, 2.45) is 4.99 Å². The van der Waals surface area contributed by atoms with Crippen LogP contribution < -0.4 is 16.0 Å². The van der Waals surface area contributed by atoms with Gasteiger partial charge in [0.2, 0.25) is 5.91 Å². The second-order valence-corrected chi connectivity index (χ2v) is 7.27. The molecule has 0 saturated heterocycles. The molecule has 150 valence electrons. The third-order valence-corrected chi connectivity index (χ3v) is 4.84. The summed E-state index contributed by atoms with van der Waals surface area (Å²) >= 11 is 1.69. The number of guanidine groups is 1. The number of carbonyl (C=O) groups excluding carboxylic acids is 1. The Labute approximate surface area is 169 Å². The van der Waals surface area contributed by atoms with E-state index in [9.17, 15) is 9.18 Å². The number of hydrogen-bond donors (Lipinski definition) is 3. The Kier molecular flexibility index (Phi) is 9.27. The molecular formula is C20H26FN5OS. The van der Waals surface area contributed by atoms with Gasteiger partial charge in [-0.25, -0.2) is 9.37 Å². The molecule has 3 N–H and O–H groups in total. The average Bonchev–Trinajstić information content (AvgIpc) is 2.69. The van der Waals surface area contributed by atoms with Gasteiger partial charge in [0.05, 0.1) is 0 Å². The number of nitrogens with one attached hydrogen (secondary N) is 3. The number of rotatable bonds is 9. The average molecular weight is 404 g/mol. The molecule has 1 heterocycles. The van der Waals surface area contributed by atoms with Crippen LogP contribution in [0.25, 0.3) is 0 Å². The van der Waals surface area contributed by atoms with Crippen LogP contribution in [0, 0.1) is 12.7 Å². The second-order valence-electron chi connectivity index (χ2n) is 6.10. The molecule has 0 aliphatic rings. The number of nitrogens with zero attached hydrogens (tertiary/aromatic N) is 2. The van der Waals surface area contributed by atoms with Crippen molar-refractivity contribution in [1.29, 1.82) is 0 Å². The first-order chi connectivity index (χ1) is 13.6. The number of benzene rings is 1. The van der Waals surface area contributed by atoms with Crippen molar-refractivity contribution in [1.82, 2.24) is 15.6 Å². The number of halogens is 1. The zero-order valence-corrected chi connectivity index (χ0v) is 17.0. The molecule has 0 atom stereocenters. The van der Waals surface area contributed by atoms with Gasteiger partial charge in [0.25, 0.3) is 0 Å². The van der Waals surface area contributed by atoms with E-state index in [2.05, 4.69) is 25.9 Å². The molecule has 1 amide bonds. The van der Waals surface area contributed by atoms with Gasteiger partial charge in [0.15, 0.2) is 5.96 Å². The third kappa shape index (κ3) is 8.39. The van der Waals surface area contributed by atoms with Gasteiger partial charge in [-0.2, -0.15) is 0 Å². The van der Waals surface area contributed by atoms with Crippen molar-refractivity contribution < 1.29 is 9.18 Å². The molecule has 0 fully saturated rings. The number of amides is 1. The molecule has 2 rings (SSSR count). The summed E-state index contributed by atoms with van der Waals surface area (Å²) in [6, 6.07) is 10.2. The first kappa shape index (κ1) is 21.7. The molecule has 0 radical (unpaired) electrons. The summed E-state index contributed by atoms with van der Waals surface area (Å²) in [5.41, 5.74) is 1.05. The van der Waals surface area contributed by atoms with E-state index in [1.54, 1.807) is 43.2 Å². The normalized spacial score (nSPS) is 11.2. The highest BCUT2D eigenvalue weighted by atomic mass is 32.2. The van der Waals surface area contributed by atoms with Gasteiger partial charge >= 0.3 is 0 Å². The lowest BCUT2D eigenvalue weighted by atomic mass is 10.3. The zero-order chi connectivity index (χ0) is 20.2. The molecular weight excluding hydrogens is 377 g/mol. The van der Waals surface area contributed by atoms with E-state index >= 15 is 0 Å². The van der Waals surface area contributed by atoms with Crippen LogP contribution in [-0.2, 0) is 4.79 Å². The number of thioether (sulfide) groups is 1. The fraction of sp³-hybridized carbons (Fsp3) is 0.350. The maximum Gasteiger partial charge on any atom is 0.227 e. The highest BCUT2D eigenvalue weighted by Gasteiger charge is 2.04. The molecule has 2 aromatic rings. The van der Waals surface area contributed by atoms with Crippen molar-refractivity contribution >= 4 is 29.4 Å². The lowest BCUT2D eigenvalue weighted by Crippen LogP contribution is -2.39. The Bertz CT molecular complexity index is 765. The van der Waals surface area contributed by atoms with Crippen LogP contribution in [0.4, 0.5) is 10.2 Å². The molecule has 28 heavy (non-hydrogen) atoms. The fourth-order valence-electron chi connectivity index (χ4n) is 2.26. The van der Waals surface area contributed by atoms with E-state index in [0.717, 1.165) is 29.2 Å². The first-order valence-electron chi connectivity index (χ1n) is 9.12. The molecule has 0 aliphatic carbocycles. The zero-order valence-electron chi connectivity index (χ0n) is 16.2. The van der Waals surface area contributed by atoms with Crippen molar-refractivity contribution in [3.63, 3.8) is 0 Å². The maximum atomic E-state index is 12.9. The highest BCUT2D eigenvalue weighted by Crippen LogP contribution is 2.18. The number of aliphatic imine (C=N–C) groups is 1. The minimum absolute atomic E-state index is 0.102. The monoisotopic (exact) mass is 403 g/mol. The summed E-state index contributed by atoms with van der Waals surface area (Å²) in [4.78, 5) is 21.3. The predicted octanol–water partition coefficient (Wildman–Crippen LogP) is 3.21. The Morgan fingerprint density at radius 2 is 1.89 bits per heavy atom. The SMILES string of the molecule is CN=C(NCCCSc1ccc(F)cc1)NCCC(=O)Nc1ccc(C)cn1. The number of aromatic nitrogens is 1. The summed E-state index contributed by atoms with van der Waals surface area (Å²) in [5, 5.41) is 9.10. The van der Waals surface area contributed by atoms with Crippen LogP contribution in [0.1, 0.15) is 18.4 Å². The predicted molar refractivity (Wildman–Crippen MR) is 113 cm³/mol. The summed E-state index contributed by atoms with van der Waals surface area (Å²) in [7, 11) is 1.69. The Morgan fingerprint density at radius 3 is 2.57 bits per heavy atom. The molecule has 0 saturated carbocycles. The molecule has 0 aliphatic heterocycles. The minimum atomic E-state index is -0.218. The second kappa shape index (κ2) is 12.0. The molecule has 8 heteroatoms. The van der Waals surface area contributed by atoms with Crippen LogP contribution in [0.2, 0.25) is 0 Å². The van der Waals surface area contributed by atoms with Crippen LogP contribution in [0.15, 0.2) is 52.5 Å². The number of aryl methyl sites for hydroxylation is 1. The largest absolute Gasteiger partial charge is 0.356 e. The smallest absolute Gasteiger partial charge is 0.227 e. The number of carbonyl (C=O) groups is 1. The Balaban J connectivity index is 1.57. The van der Waals surface area contributed by atoms with Gasteiger partial charge < -0.3 is 16.0 Å². The minimum Gasteiger partial charge on any atom is -0.356 e. The number of hydrogen-bond acceptors (Lipinski definition) is 4. The molecule has 0 bridgehead atoms. The Hall–Kier alpha value is -2.61. The van der Waals surface area contributed by atoms with Gasteiger partial charge in [-0.05, 0) is 55.0 Å². The molecule has 0 unspecified atom stereocenters. The maximum absolute atomic E-state index is 12.9. The van der Waals surface area contributed by atoms with Crippen molar-refractivity contribution in [2.45, 2.75) is 24.7 Å². The Morgan fingerprint density at radius 1 is 1.14 bits per heavy atom. The number of pyridine rings is 1. The van der Waals surface area contributed by atoms with Crippen LogP contribution in [0.3, 0.4) is 0 Å². The highest BCUT2D eigenvalue weighted by molar-refractivity contribution is 7.99. The van der Waals surface area contributed by atoms with E-state index in [4.69, 9.17) is 0 Å². The molecule has 1 aromatic heterocycles. The van der Waals surface area contributed by atoms with E-state index in [0.29, 0.717) is 24.7 Å². The van der Waals surface area contributed by atoms with Gasteiger partial charge in [-0.1, -0.05) is 6.07 Å². The summed E-state index contributed by atoms with van der Waals surface area (Å²) in [5.74, 6) is 1.81. The summed E-state index contributed by atoms with van der Waals surface area (Å²) in [6.07, 6.45) is 2.97. The topological polar surface area (TPSA) is 78.4 Å². The lowest BCUT2D eigenvalue weighted by molar-refractivity contribution is -0.116. The van der Waals surface area contributed by atoms with E-state index in [1.165, 1.54) is 12.1 Å². The van der Waals surface area contributed by atoms with Crippen LogP contribution in [-0.4, -0.2) is 42.7 Å². The fourth-order valence-corrected chi connectivity index (χ4v) is 3.11. The third-order valence-electron chi connectivity index (χ3n) is 3.74. The lowest BCUT2D eigenvalue weighted by Gasteiger charge is -2.11.